The molecule has 5 saturated heterocycles. The Hall–Kier alpha value is -16.1. The third-order valence-corrected chi connectivity index (χ3v) is 25.5. The minimum Gasteiger partial charge on any atom is -0.389 e. The highest BCUT2D eigenvalue weighted by atomic mass is 19.2. The molecule has 732 valence electrons. The quantitative estimate of drug-likeness (QED) is 0.0238. The standard InChI is InChI=1S/C22H21F2N3O2.C21H19F2N3O3.3C21H19F2N3O2/c1-27(19-10-11-25-22(19)29)20(28)9-7-16-17-12-15(24)6-8-18(17)26-21(16)13-2-4-14(23)5-3-13;22-12-3-1-11(2-4-12)19-14(15-9-13(23)5-7-16(15)25-19)6-8-18(28)26-20-17(27)10-24-21(20)29;3*22-13-3-1-12(2-4-13)20-15(16-11-14(23)5-7-17(16)26-20)6-8-19(27)25-18-9-10-24-21(18)28/h2-6,8,12,19,26H,7,9-11H2,1H3,(H,25,29);1-5,7,9,17,20,25,27H,6,8,10H2,(H,24,29)(H,26,28);3*1-5,7,11,18,26H,6,8-10H2,(H,24,28)(H,25,27)/t;17-,20+;2*18-;/m.110./s1. The van der Waals surface area contributed by atoms with Gasteiger partial charge in [0.1, 0.15) is 94.5 Å². The number of aliphatic hydroxyl groups is 1. The number of aromatic nitrogens is 5. The highest BCUT2D eigenvalue weighted by molar-refractivity contribution is 5.99. The molecule has 5 fully saturated rings. The maximum atomic E-state index is 13.9. The van der Waals surface area contributed by atoms with Gasteiger partial charge in [-0.2, -0.15) is 0 Å². The number of likely N-dealkylation sites (N-methyl/N-ethyl adjacent to an activating group) is 1. The normalized spacial score (nSPS) is 16.8. The zero-order chi connectivity index (χ0) is 100. The maximum Gasteiger partial charge on any atom is 0.245 e. The number of hydrogen-bond donors (Lipinski definition) is 15. The number of fused-ring (bicyclic) bond motifs is 5. The molecule has 20 rings (SSSR count). The van der Waals surface area contributed by atoms with E-state index in [1.807, 2.05) is 0 Å². The van der Waals surface area contributed by atoms with E-state index < -0.39 is 53.9 Å². The first kappa shape index (κ1) is 98.9. The fourth-order valence-electron chi connectivity index (χ4n) is 18.2. The van der Waals surface area contributed by atoms with Gasteiger partial charge in [0, 0.05) is 155 Å². The lowest BCUT2D eigenvalue weighted by Crippen LogP contribution is -2.45. The first-order valence-corrected chi connectivity index (χ1v) is 46.2. The minimum atomic E-state index is -0.973. The number of amides is 10. The largest absolute Gasteiger partial charge is 0.389 e. The van der Waals surface area contributed by atoms with Crippen LogP contribution in [0.4, 0.5) is 43.9 Å². The Morgan fingerprint density at radius 3 is 0.754 bits per heavy atom. The lowest BCUT2D eigenvalue weighted by molar-refractivity contribution is -0.137. The third kappa shape index (κ3) is 23.7. The van der Waals surface area contributed by atoms with E-state index in [9.17, 15) is 97.0 Å². The van der Waals surface area contributed by atoms with Crippen LogP contribution in [0.15, 0.2) is 212 Å². The summed E-state index contributed by atoms with van der Waals surface area (Å²) in [5, 5.41) is 37.1. The molecular weight excluding hydrogens is 1850 g/mol. The van der Waals surface area contributed by atoms with Crippen LogP contribution in [0.1, 0.15) is 85.6 Å². The highest BCUT2D eigenvalue weighted by Crippen LogP contribution is 2.39. The number of rotatable bonds is 25. The second-order valence-electron chi connectivity index (χ2n) is 34.9. The lowest BCUT2D eigenvalue weighted by Gasteiger charge is -2.22. The summed E-state index contributed by atoms with van der Waals surface area (Å²) in [4.78, 5) is 138. The summed E-state index contributed by atoms with van der Waals surface area (Å²) in [6.45, 7) is 2.33. The number of hydrogen-bond acceptors (Lipinski definition) is 11. The summed E-state index contributed by atoms with van der Waals surface area (Å²) in [6, 6.07) is 49.1. The van der Waals surface area contributed by atoms with Gasteiger partial charge >= 0.3 is 0 Å². The van der Waals surface area contributed by atoms with Crippen LogP contribution in [0.5, 0.6) is 0 Å². The van der Waals surface area contributed by atoms with Crippen molar-refractivity contribution in [3.63, 3.8) is 0 Å². The van der Waals surface area contributed by atoms with Crippen molar-refractivity contribution >= 4 is 114 Å². The number of carbonyl (C=O) groups is 10. The molecule has 0 bridgehead atoms. The van der Waals surface area contributed by atoms with Crippen molar-refractivity contribution in [1.82, 2.24) is 77.7 Å². The molecule has 6 atom stereocenters. The van der Waals surface area contributed by atoms with Gasteiger partial charge in [0.15, 0.2) is 0 Å². The van der Waals surface area contributed by atoms with Crippen molar-refractivity contribution in [1.29, 1.82) is 0 Å². The van der Waals surface area contributed by atoms with Crippen molar-refractivity contribution in [2.24, 2.45) is 0 Å². The molecule has 5 aromatic heterocycles. The molecule has 5 aliphatic heterocycles. The molecule has 0 aliphatic carbocycles. The lowest BCUT2D eigenvalue weighted by atomic mass is 10.0. The first-order valence-electron chi connectivity index (χ1n) is 46.2. The number of aryl methyl sites for hydroxylation is 5. The van der Waals surface area contributed by atoms with Gasteiger partial charge in [-0.1, -0.05) is 0 Å². The summed E-state index contributed by atoms with van der Waals surface area (Å²) in [5.74, 6) is -5.97. The van der Waals surface area contributed by atoms with Gasteiger partial charge in [-0.15, -0.1) is 0 Å². The van der Waals surface area contributed by atoms with Crippen LogP contribution < -0.4 is 47.9 Å². The topological polar surface area (TPSA) is 381 Å². The average molecular weight is 1950 g/mol. The van der Waals surface area contributed by atoms with Crippen molar-refractivity contribution in [3.8, 4) is 56.3 Å². The molecule has 2 unspecified atom stereocenters. The number of aromatic amines is 5. The Bertz CT molecular complexity index is 6860. The highest BCUT2D eigenvalue weighted by Gasteiger charge is 2.36. The fourth-order valence-corrected chi connectivity index (χ4v) is 18.2. The zero-order valence-electron chi connectivity index (χ0n) is 76.4. The number of β-amino-alcohol motifs (C(OH)–C–C–N with tert-alkyl or cyclic N) is 1. The molecule has 10 heterocycles. The predicted octanol–water partition coefficient (Wildman–Crippen LogP) is 14.6. The fraction of sp³-hybridized carbons (Fsp3) is 0.245. The molecule has 142 heavy (non-hydrogen) atoms. The van der Waals surface area contributed by atoms with E-state index in [2.05, 4.69) is 72.8 Å². The summed E-state index contributed by atoms with van der Waals surface area (Å²) in [7, 11) is 1.63. The van der Waals surface area contributed by atoms with Crippen LogP contribution >= 0.6 is 0 Å². The Balaban J connectivity index is 0.000000128. The number of nitrogens with one attached hydrogen (secondary N) is 14. The Morgan fingerprint density at radius 2 is 0.528 bits per heavy atom. The van der Waals surface area contributed by atoms with E-state index in [1.165, 1.54) is 126 Å². The van der Waals surface area contributed by atoms with E-state index in [4.69, 9.17) is 0 Å². The number of nitrogens with zero attached hydrogens (tertiary/aromatic N) is 1. The summed E-state index contributed by atoms with van der Waals surface area (Å²) >= 11 is 0. The van der Waals surface area contributed by atoms with Crippen LogP contribution in [0.3, 0.4) is 0 Å². The van der Waals surface area contributed by atoms with Crippen LogP contribution in [-0.2, 0) is 80.0 Å². The van der Waals surface area contributed by atoms with Crippen LogP contribution in [0.25, 0.3) is 111 Å². The smallest absolute Gasteiger partial charge is 0.245 e. The van der Waals surface area contributed by atoms with Crippen molar-refractivity contribution in [2.75, 3.05) is 39.8 Å². The zero-order valence-corrected chi connectivity index (χ0v) is 76.4. The summed E-state index contributed by atoms with van der Waals surface area (Å²) in [6.07, 6.45) is 3.74. The molecule has 36 heteroatoms. The predicted molar refractivity (Wildman–Crippen MR) is 514 cm³/mol. The average Bonchev–Trinajstić information content (AvgIpc) is 1.65. The van der Waals surface area contributed by atoms with E-state index in [0.29, 0.717) is 121 Å². The second kappa shape index (κ2) is 44.3. The van der Waals surface area contributed by atoms with E-state index >= 15 is 0 Å². The van der Waals surface area contributed by atoms with Gasteiger partial charge in [0.05, 0.1) is 0 Å². The van der Waals surface area contributed by atoms with Crippen molar-refractivity contribution in [2.45, 2.75) is 126 Å². The molecular formula is C106H97F10N15O11. The minimum absolute atomic E-state index is 0.0359. The van der Waals surface area contributed by atoms with Gasteiger partial charge in [0.2, 0.25) is 59.1 Å². The van der Waals surface area contributed by atoms with E-state index in [0.717, 1.165) is 94.9 Å². The van der Waals surface area contributed by atoms with E-state index in [-0.39, 0.29) is 145 Å². The molecule has 10 aromatic carbocycles. The maximum absolute atomic E-state index is 13.9. The Kier molecular flexibility index (Phi) is 30.9. The molecule has 0 spiro atoms. The number of carbonyl (C=O) groups excluding carboxylic acids is 10. The van der Waals surface area contributed by atoms with Gasteiger partial charge < -0.3 is 82.8 Å². The van der Waals surface area contributed by atoms with Gasteiger partial charge in [-0.05, 0) is 326 Å². The summed E-state index contributed by atoms with van der Waals surface area (Å²) in [5.41, 5.74) is 14.9. The summed E-state index contributed by atoms with van der Waals surface area (Å²) < 4.78 is 136. The number of halogens is 10. The number of H-pyrrole nitrogens is 5. The molecule has 26 nitrogen and oxygen atoms in total. The molecule has 15 aromatic rings. The van der Waals surface area contributed by atoms with Crippen LogP contribution in [-0.4, -0.2) is 170 Å². The Labute approximate surface area is 804 Å². The van der Waals surface area contributed by atoms with Gasteiger partial charge in [-0.3, -0.25) is 47.9 Å². The van der Waals surface area contributed by atoms with E-state index in [1.54, 1.807) is 98.0 Å². The molecule has 10 amide bonds. The monoisotopic (exact) mass is 1950 g/mol. The van der Waals surface area contributed by atoms with Crippen molar-refractivity contribution < 1.29 is 97.0 Å². The second-order valence-corrected chi connectivity index (χ2v) is 34.9. The number of aliphatic hydroxyl groups excluding tert-OH is 1. The molecule has 0 saturated carbocycles. The van der Waals surface area contributed by atoms with Gasteiger partial charge in [0.25, 0.3) is 0 Å². The number of benzene rings is 10. The third-order valence-electron chi connectivity index (χ3n) is 25.5. The molecule has 5 aliphatic rings. The Morgan fingerprint density at radius 1 is 0.296 bits per heavy atom. The molecule has 0 radical (unpaired) electrons. The van der Waals surface area contributed by atoms with Crippen LogP contribution in [0, 0.1) is 58.2 Å². The SMILES string of the molecule is CN(C(=O)CCc1c(-c2ccc(F)cc2)[nH]c2ccc(F)cc12)C1CCNC1=O.O=C(CCc1c(-c2ccc(F)cc2)[nH]c2ccc(F)cc12)NC1CCNC1=O.O=C(CCc1c(-c2ccc(F)cc2)[nH]c2ccc(F)cc12)N[C@@H]1C(=O)NC[C@H]1O.O=C(CCc1c(-c2ccc(F)cc2)[nH]c2ccc(F)cc12)N[C@@H]1CCNC1=O.O=C(CCc1c(-c2ccc(F)cc2)[nH]c2ccc(F)cc12)N[C@H]1CCNC1=O. The molecule has 15 N–H and O–H groups in total. The van der Waals surface area contributed by atoms with Crippen LogP contribution in [0.2, 0.25) is 0 Å². The van der Waals surface area contributed by atoms with Gasteiger partial charge in [-0.25, -0.2) is 43.9 Å². The first-order chi connectivity index (χ1) is 68.4. The van der Waals surface area contributed by atoms with Crippen molar-refractivity contribution in [3.05, 3.63) is 298 Å².